The van der Waals surface area contributed by atoms with Crippen LogP contribution < -0.4 is 0 Å². The van der Waals surface area contributed by atoms with Gasteiger partial charge in [0.2, 0.25) is 0 Å². The summed E-state index contributed by atoms with van der Waals surface area (Å²) >= 11 is 0. The monoisotopic (exact) mass is 541 g/mol. The van der Waals surface area contributed by atoms with Crippen LogP contribution in [0.4, 0.5) is 0 Å². The highest BCUT2D eigenvalue weighted by Crippen LogP contribution is 2.25. The Morgan fingerprint density at radius 1 is 0.525 bits per heavy atom. The van der Waals surface area contributed by atoms with Crippen LogP contribution in [0.3, 0.4) is 0 Å². The fourth-order valence-corrected chi connectivity index (χ4v) is 3.75. The number of aromatic carboxylic acids is 4. The van der Waals surface area contributed by atoms with Crippen molar-refractivity contribution in [3.63, 3.8) is 0 Å². The molecule has 0 spiro atoms. The zero-order valence-electron chi connectivity index (χ0n) is 19.9. The molecule has 0 unspecified atom stereocenters. The van der Waals surface area contributed by atoms with Crippen LogP contribution >= 0.6 is 0 Å². The van der Waals surface area contributed by atoms with E-state index in [9.17, 15) is 39.6 Å². The standard InChI is InChI=1S/C25H15N7O8/c33-22(34)12-1-13(23(35)36)5-18(4-12)31-10-20(27-29-31)16-3-17(9-26-8-16)21-11-32(30-28-21)19-6-14(24(37)38)2-15(7-19)25(39)40/h1-11H,(H,33,34)(H,35,36)(H,37,38)(H,39,40). The molecule has 3 heterocycles. The molecule has 15 nitrogen and oxygen atoms in total. The number of pyridine rings is 1. The second kappa shape index (κ2) is 9.90. The number of hydrogen-bond acceptors (Lipinski definition) is 9. The third kappa shape index (κ3) is 4.97. The summed E-state index contributed by atoms with van der Waals surface area (Å²) < 4.78 is 2.46. The summed E-state index contributed by atoms with van der Waals surface area (Å²) in [5, 5.41) is 53.4. The van der Waals surface area contributed by atoms with Crippen LogP contribution in [0, 0.1) is 0 Å². The molecular weight excluding hydrogens is 526 g/mol. The molecule has 0 aliphatic rings. The summed E-state index contributed by atoms with van der Waals surface area (Å²) in [6, 6.07) is 8.78. The molecule has 0 saturated heterocycles. The number of rotatable bonds is 8. The van der Waals surface area contributed by atoms with Gasteiger partial charge in [-0.1, -0.05) is 10.4 Å². The number of nitrogens with zero attached hydrogens (tertiary/aromatic N) is 7. The van der Waals surface area contributed by atoms with Crippen LogP contribution in [0.15, 0.2) is 67.3 Å². The molecule has 0 atom stereocenters. The number of carbonyl (C=O) groups is 4. The molecule has 4 N–H and O–H groups in total. The molecule has 0 radical (unpaired) electrons. The first-order chi connectivity index (χ1) is 19.1. The quantitative estimate of drug-likeness (QED) is 0.222. The molecule has 0 bridgehead atoms. The summed E-state index contributed by atoms with van der Waals surface area (Å²) in [4.78, 5) is 49.9. The molecule has 0 aliphatic heterocycles. The third-order valence-corrected chi connectivity index (χ3v) is 5.67. The van der Waals surface area contributed by atoms with Gasteiger partial charge in [0.1, 0.15) is 11.4 Å². The molecule has 5 aromatic rings. The van der Waals surface area contributed by atoms with Crippen LogP contribution in [0.2, 0.25) is 0 Å². The largest absolute Gasteiger partial charge is 0.478 e. The van der Waals surface area contributed by atoms with Gasteiger partial charge in [0.05, 0.1) is 46.0 Å². The predicted molar refractivity (Wildman–Crippen MR) is 133 cm³/mol. The Morgan fingerprint density at radius 2 is 0.875 bits per heavy atom. The average molecular weight is 541 g/mol. The van der Waals surface area contributed by atoms with Crippen molar-refractivity contribution in [2.24, 2.45) is 0 Å². The summed E-state index contributed by atoms with van der Waals surface area (Å²) in [5.74, 6) is -5.21. The van der Waals surface area contributed by atoms with E-state index in [-0.39, 0.29) is 33.6 Å². The van der Waals surface area contributed by atoms with Gasteiger partial charge >= 0.3 is 23.9 Å². The first-order valence-corrected chi connectivity index (χ1v) is 11.1. The maximum atomic E-state index is 11.4. The maximum Gasteiger partial charge on any atom is 0.335 e. The van der Waals surface area contributed by atoms with Crippen LogP contribution in [0.1, 0.15) is 41.4 Å². The van der Waals surface area contributed by atoms with Crippen LogP contribution in [0.25, 0.3) is 33.9 Å². The highest BCUT2D eigenvalue weighted by molar-refractivity contribution is 5.95. The first kappa shape index (κ1) is 25.4. The molecule has 198 valence electrons. The Kier molecular flexibility index (Phi) is 6.29. The van der Waals surface area contributed by atoms with E-state index in [1.165, 1.54) is 58.4 Å². The molecule has 15 heteroatoms. The van der Waals surface area contributed by atoms with Crippen molar-refractivity contribution in [1.29, 1.82) is 0 Å². The Morgan fingerprint density at radius 3 is 1.20 bits per heavy atom. The zero-order chi connectivity index (χ0) is 28.6. The number of aromatic nitrogens is 7. The lowest BCUT2D eigenvalue weighted by atomic mass is 10.1. The van der Waals surface area contributed by atoms with Crippen LogP contribution in [-0.4, -0.2) is 79.3 Å². The van der Waals surface area contributed by atoms with Gasteiger partial charge in [-0.15, -0.1) is 10.2 Å². The van der Waals surface area contributed by atoms with E-state index >= 15 is 0 Å². The predicted octanol–water partition coefficient (Wildman–Crippen LogP) is 2.37. The fraction of sp³-hybridized carbons (Fsp3) is 0. The summed E-state index contributed by atoms with van der Waals surface area (Å²) in [6.07, 6.45) is 5.92. The second-order valence-corrected chi connectivity index (χ2v) is 8.32. The normalized spacial score (nSPS) is 10.8. The molecule has 3 aromatic heterocycles. The lowest BCUT2D eigenvalue weighted by Crippen LogP contribution is -2.06. The van der Waals surface area contributed by atoms with Crippen molar-refractivity contribution in [2.45, 2.75) is 0 Å². The number of carboxylic acid groups (broad SMARTS) is 4. The number of benzene rings is 2. The molecule has 2 aromatic carbocycles. The van der Waals surface area contributed by atoms with Gasteiger partial charge < -0.3 is 20.4 Å². The molecule has 0 amide bonds. The molecular formula is C25H15N7O8. The number of hydrogen-bond donors (Lipinski definition) is 4. The molecule has 5 rings (SSSR count). The lowest BCUT2D eigenvalue weighted by Gasteiger charge is -2.05. The smallest absolute Gasteiger partial charge is 0.335 e. The molecule has 40 heavy (non-hydrogen) atoms. The lowest BCUT2D eigenvalue weighted by molar-refractivity contribution is 0.0676. The minimum absolute atomic E-state index is 0.174. The highest BCUT2D eigenvalue weighted by Gasteiger charge is 2.16. The zero-order valence-corrected chi connectivity index (χ0v) is 19.9. The van der Waals surface area contributed by atoms with E-state index in [1.54, 1.807) is 6.07 Å². The van der Waals surface area contributed by atoms with Gasteiger partial charge in [-0.05, 0) is 42.5 Å². The molecule has 0 aliphatic carbocycles. The van der Waals surface area contributed by atoms with Crippen LogP contribution in [-0.2, 0) is 0 Å². The third-order valence-electron chi connectivity index (χ3n) is 5.67. The Labute approximate surface area is 222 Å². The van der Waals surface area contributed by atoms with Gasteiger partial charge in [-0.2, -0.15) is 0 Å². The summed E-state index contributed by atoms with van der Waals surface area (Å²) in [7, 11) is 0. The number of carboxylic acids is 4. The van der Waals surface area contributed by atoms with Crippen molar-refractivity contribution in [2.75, 3.05) is 0 Å². The second-order valence-electron chi connectivity index (χ2n) is 8.32. The minimum Gasteiger partial charge on any atom is -0.478 e. The summed E-state index contributed by atoms with van der Waals surface area (Å²) in [6.45, 7) is 0. The minimum atomic E-state index is -1.30. The molecule has 0 fully saturated rings. The van der Waals surface area contributed by atoms with Crippen molar-refractivity contribution in [3.8, 4) is 33.9 Å². The average Bonchev–Trinajstić information content (AvgIpc) is 3.63. The topological polar surface area (TPSA) is 224 Å². The Hall–Kier alpha value is -6.25. The maximum absolute atomic E-state index is 11.4. The van der Waals surface area contributed by atoms with Crippen molar-refractivity contribution >= 4 is 23.9 Å². The summed E-state index contributed by atoms with van der Waals surface area (Å²) in [5.41, 5.74) is 1.07. The highest BCUT2D eigenvalue weighted by atomic mass is 16.4. The Balaban J connectivity index is 1.47. The Bertz CT molecular complexity index is 1650. The van der Waals surface area contributed by atoms with Crippen molar-refractivity contribution in [1.82, 2.24) is 35.0 Å². The van der Waals surface area contributed by atoms with Gasteiger partial charge in [-0.25, -0.2) is 28.5 Å². The van der Waals surface area contributed by atoms with Crippen molar-refractivity contribution < 1.29 is 39.6 Å². The van der Waals surface area contributed by atoms with Crippen LogP contribution in [0.5, 0.6) is 0 Å². The fourth-order valence-electron chi connectivity index (χ4n) is 3.75. The first-order valence-electron chi connectivity index (χ1n) is 11.1. The van der Waals surface area contributed by atoms with Gasteiger partial charge in [0.25, 0.3) is 0 Å². The molecule has 0 saturated carbocycles. The van der Waals surface area contributed by atoms with E-state index < -0.39 is 23.9 Å². The van der Waals surface area contributed by atoms with Crippen molar-refractivity contribution in [3.05, 3.63) is 89.5 Å². The van der Waals surface area contributed by atoms with E-state index in [1.807, 2.05) is 0 Å². The van der Waals surface area contributed by atoms with Gasteiger partial charge in [0, 0.05) is 23.5 Å². The SMILES string of the molecule is O=C(O)c1cc(C(=O)O)cc(-n2cc(-c3cncc(-c4cn(-c5cc(C(=O)O)cc(C(=O)O)c5)nn4)c3)nn2)c1. The van der Waals surface area contributed by atoms with E-state index in [0.717, 1.165) is 12.1 Å². The van der Waals surface area contributed by atoms with E-state index in [4.69, 9.17) is 0 Å². The van der Waals surface area contributed by atoms with Gasteiger partial charge in [-0.3, -0.25) is 4.98 Å². The van der Waals surface area contributed by atoms with E-state index in [2.05, 4.69) is 25.6 Å². The van der Waals surface area contributed by atoms with Gasteiger partial charge in [0.15, 0.2) is 0 Å². The van der Waals surface area contributed by atoms with E-state index in [0.29, 0.717) is 22.5 Å².